The maximum atomic E-state index is 11.7. The van der Waals surface area contributed by atoms with Gasteiger partial charge in [-0.15, -0.1) is 0 Å². The first kappa shape index (κ1) is 27.4. The summed E-state index contributed by atoms with van der Waals surface area (Å²) in [5, 5.41) is 2.68. The number of fused-ring (bicyclic) bond motifs is 1. The lowest BCUT2D eigenvalue weighted by molar-refractivity contribution is -0.255. The van der Waals surface area contributed by atoms with E-state index in [4.69, 9.17) is 9.47 Å². The number of nitrogens with one attached hydrogen (secondary N) is 2. The van der Waals surface area contributed by atoms with Gasteiger partial charge >= 0.3 is 12.3 Å². The van der Waals surface area contributed by atoms with Crippen molar-refractivity contribution in [3.05, 3.63) is 36.2 Å². The zero-order valence-electron chi connectivity index (χ0n) is 19.6. The molecule has 0 saturated carbocycles. The minimum atomic E-state index is -4.28. The molecule has 0 aliphatic heterocycles. The number of aromatic nitrogens is 2. The molecular formula is C22H32F3N3O4. The van der Waals surface area contributed by atoms with Crippen molar-refractivity contribution >= 4 is 22.7 Å². The van der Waals surface area contributed by atoms with Crippen molar-refractivity contribution in [2.24, 2.45) is 0 Å². The number of alkyl halides is 3. The van der Waals surface area contributed by atoms with Crippen LogP contribution in [0.4, 0.5) is 18.0 Å². The molecule has 7 nitrogen and oxygen atoms in total. The SMILES string of the molecule is C=C(COC)c1ccc2nc(CNC(=O)OC(C)(C)C)[nH]c2c1.COC(C)(C)C(F)(F)F. The number of methoxy groups -OCH3 is 2. The highest BCUT2D eigenvalue weighted by Crippen LogP contribution is 2.31. The van der Waals surface area contributed by atoms with Gasteiger partial charge in [-0.25, -0.2) is 9.78 Å². The van der Waals surface area contributed by atoms with Crippen LogP contribution in [0.2, 0.25) is 0 Å². The molecule has 2 N–H and O–H groups in total. The van der Waals surface area contributed by atoms with Crippen LogP contribution in [0.1, 0.15) is 46.0 Å². The molecule has 0 atom stereocenters. The average Bonchev–Trinajstić information content (AvgIpc) is 3.07. The standard InChI is InChI=1S/C17H23N3O3.C5H9F3O/c1-11(10-22-5)12-6-7-13-14(8-12)20-15(19-13)9-18-16(21)23-17(2,3)4;1-4(2,9-3)5(6,7)8/h6-8H,1,9-10H2,2-5H3,(H,18,21)(H,19,20);1-3H3. The molecule has 2 aromatic rings. The highest BCUT2D eigenvalue weighted by Gasteiger charge is 2.47. The van der Waals surface area contributed by atoms with E-state index in [0.29, 0.717) is 12.4 Å². The highest BCUT2D eigenvalue weighted by atomic mass is 19.4. The third-order valence-electron chi connectivity index (χ3n) is 4.25. The first-order valence-electron chi connectivity index (χ1n) is 9.84. The molecule has 0 fully saturated rings. The highest BCUT2D eigenvalue weighted by molar-refractivity contribution is 5.80. The van der Waals surface area contributed by atoms with Crippen LogP contribution in [0.25, 0.3) is 16.6 Å². The van der Waals surface area contributed by atoms with Crippen LogP contribution in [-0.4, -0.2) is 54.3 Å². The van der Waals surface area contributed by atoms with Crippen molar-refractivity contribution in [1.82, 2.24) is 15.3 Å². The zero-order valence-corrected chi connectivity index (χ0v) is 19.6. The fourth-order valence-electron chi connectivity index (χ4n) is 2.21. The summed E-state index contributed by atoms with van der Waals surface area (Å²) in [6.45, 7) is 12.2. The zero-order chi connectivity index (χ0) is 24.7. The number of halogens is 3. The van der Waals surface area contributed by atoms with Crippen LogP contribution in [0.15, 0.2) is 24.8 Å². The van der Waals surface area contributed by atoms with Crippen molar-refractivity contribution in [3.8, 4) is 0 Å². The summed E-state index contributed by atoms with van der Waals surface area (Å²) in [5.74, 6) is 0.667. The van der Waals surface area contributed by atoms with Crippen molar-refractivity contribution in [2.45, 2.75) is 58.5 Å². The van der Waals surface area contributed by atoms with Crippen LogP contribution in [0.5, 0.6) is 0 Å². The first-order chi connectivity index (χ1) is 14.6. The summed E-state index contributed by atoms with van der Waals surface area (Å²) in [6.07, 6.45) is -4.74. The number of ether oxygens (including phenoxy) is 3. The Labute approximate surface area is 186 Å². The summed E-state index contributed by atoms with van der Waals surface area (Å²) in [4.78, 5) is 19.3. The second kappa shape index (κ2) is 10.8. The van der Waals surface area contributed by atoms with Gasteiger partial charge in [-0.2, -0.15) is 13.2 Å². The Morgan fingerprint density at radius 2 is 1.78 bits per heavy atom. The molecule has 0 bridgehead atoms. The molecule has 180 valence electrons. The molecule has 1 heterocycles. The summed E-state index contributed by atoms with van der Waals surface area (Å²) in [5.41, 5.74) is 1.08. The van der Waals surface area contributed by atoms with E-state index < -0.39 is 23.5 Å². The number of benzene rings is 1. The van der Waals surface area contributed by atoms with E-state index in [0.717, 1.165) is 43.1 Å². The third-order valence-corrected chi connectivity index (χ3v) is 4.25. The van der Waals surface area contributed by atoms with E-state index in [2.05, 4.69) is 26.6 Å². The summed E-state index contributed by atoms with van der Waals surface area (Å²) >= 11 is 0. The number of H-pyrrole nitrogens is 1. The number of nitrogens with zero attached hydrogens (tertiary/aromatic N) is 1. The van der Waals surface area contributed by atoms with Crippen LogP contribution < -0.4 is 5.32 Å². The van der Waals surface area contributed by atoms with Gasteiger partial charge in [0.2, 0.25) is 0 Å². The third kappa shape index (κ3) is 8.51. The molecule has 0 aliphatic rings. The molecular weight excluding hydrogens is 427 g/mol. The van der Waals surface area contributed by atoms with E-state index in [1.54, 1.807) is 7.11 Å². The minimum Gasteiger partial charge on any atom is -0.444 e. The van der Waals surface area contributed by atoms with Crippen LogP contribution in [-0.2, 0) is 20.8 Å². The van der Waals surface area contributed by atoms with Crippen LogP contribution in [0.3, 0.4) is 0 Å². The topological polar surface area (TPSA) is 85.5 Å². The number of imidazole rings is 1. The molecule has 0 unspecified atom stereocenters. The Morgan fingerprint density at radius 1 is 1.16 bits per heavy atom. The van der Waals surface area contributed by atoms with E-state index in [1.165, 1.54) is 0 Å². The first-order valence-corrected chi connectivity index (χ1v) is 9.84. The fraction of sp³-hybridized carbons (Fsp3) is 0.545. The van der Waals surface area contributed by atoms with Crippen molar-refractivity contribution in [2.75, 3.05) is 20.8 Å². The molecule has 0 radical (unpaired) electrons. The number of hydrogen-bond donors (Lipinski definition) is 2. The van der Waals surface area contributed by atoms with Gasteiger partial charge in [0, 0.05) is 14.2 Å². The Kier molecular flexibility index (Phi) is 9.28. The Morgan fingerprint density at radius 3 is 2.25 bits per heavy atom. The van der Waals surface area contributed by atoms with Crippen molar-refractivity contribution < 1.29 is 32.2 Å². The molecule has 32 heavy (non-hydrogen) atoms. The maximum Gasteiger partial charge on any atom is 0.416 e. The second-order valence-electron chi connectivity index (χ2n) is 8.52. The van der Waals surface area contributed by atoms with E-state index in [1.807, 2.05) is 39.0 Å². The number of carbonyl (C=O) groups is 1. The minimum absolute atomic E-state index is 0.276. The lowest BCUT2D eigenvalue weighted by atomic mass is 10.1. The number of aromatic amines is 1. The largest absolute Gasteiger partial charge is 0.444 e. The molecule has 0 saturated heterocycles. The average molecular weight is 460 g/mol. The van der Waals surface area contributed by atoms with Crippen molar-refractivity contribution in [1.29, 1.82) is 0 Å². The lowest BCUT2D eigenvalue weighted by Gasteiger charge is -2.25. The van der Waals surface area contributed by atoms with Crippen molar-refractivity contribution in [3.63, 3.8) is 0 Å². The monoisotopic (exact) mass is 459 g/mol. The van der Waals surface area contributed by atoms with E-state index in [9.17, 15) is 18.0 Å². The van der Waals surface area contributed by atoms with Gasteiger partial charge in [-0.1, -0.05) is 12.6 Å². The molecule has 2 rings (SSSR count). The Balaban J connectivity index is 0.000000482. The Hall–Kier alpha value is -2.59. The molecule has 1 aromatic carbocycles. The van der Waals surface area contributed by atoms with Gasteiger partial charge < -0.3 is 24.5 Å². The number of carbonyl (C=O) groups excluding carboxylic acids is 1. The van der Waals surface area contributed by atoms with Gasteiger partial charge in [-0.05, 0) is 57.9 Å². The van der Waals surface area contributed by atoms with Gasteiger partial charge in [0.1, 0.15) is 11.4 Å². The number of hydrogen-bond acceptors (Lipinski definition) is 5. The lowest BCUT2D eigenvalue weighted by Crippen LogP contribution is -2.40. The van der Waals surface area contributed by atoms with E-state index >= 15 is 0 Å². The van der Waals surface area contributed by atoms with Crippen LogP contribution >= 0.6 is 0 Å². The quantitative estimate of drug-likeness (QED) is 0.619. The molecule has 0 spiro atoms. The number of rotatable bonds is 6. The van der Waals surface area contributed by atoms with Gasteiger partial charge in [0.15, 0.2) is 5.60 Å². The molecule has 1 aromatic heterocycles. The molecule has 1 amide bonds. The van der Waals surface area contributed by atoms with Gasteiger partial charge in [-0.3, -0.25) is 0 Å². The Bertz CT molecular complexity index is 915. The predicted octanol–water partition coefficient (Wildman–Crippen LogP) is 5.22. The van der Waals surface area contributed by atoms with Crippen LogP contribution in [0, 0.1) is 0 Å². The van der Waals surface area contributed by atoms with Gasteiger partial charge in [0.25, 0.3) is 0 Å². The molecule has 10 heteroatoms. The number of amides is 1. The number of alkyl carbamates (subject to hydrolysis) is 1. The smallest absolute Gasteiger partial charge is 0.416 e. The normalized spacial score (nSPS) is 12.2. The summed E-state index contributed by atoms with van der Waals surface area (Å²) < 4.78 is 49.6. The summed E-state index contributed by atoms with van der Waals surface area (Å²) in [7, 11) is 2.67. The fourth-order valence-corrected chi connectivity index (χ4v) is 2.21. The van der Waals surface area contributed by atoms with E-state index in [-0.39, 0.29) is 6.54 Å². The van der Waals surface area contributed by atoms with Gasteiger partial charge in [0.05, 0.1) is 24.2 Å². The predicted molar refractivity (Wildman–Crippen MR) is 117 cm³/mol. The second-order valence-corrected chi connectivity index (χ2v) is 8.52. The summed E-state index contributed by atoms with van der Waals surface area (Å²) in [6, 6.07) is 5.84. The molecule has 0 aliphatic carbocycles. The maximum absolute atomic E-state index is 11.7.